The van der Waals surface area contributed by atoms with Crippen molar-refractivity contribution in [2.45, 2.75) is 6.29 Å². The minimum atomic E-state index is -0.425. The van der Waals surface area contributed by atoms with Crippen molar-refractivity contribution in [2.24, 2.45) is 15.3 Å². The maximum absolute atomic E-state index is 6.16. The molecule has 0 radical (unpaired) electrons. The SMILES string of the molecule is CN(C1=NC2N=NNN2c2cc(Cl)ccc21)c1cccc(Br)c1. The monoisotopic (exact) mass is 390 g/mol. The number of fused-ring (bicyclic) bond motifs is 3. The zero-order valence-electron chi connectivity index (χ0n) is 12.1. The highest BCUT2D eigenvalue weighted by molar-refractivity contribution is 9.10. The molecule has 0 fully saturated rings. The first kappa shape index (κ1) is 14.5. The summed E-state index contributed by atoms with van der Waals surface area (Å²) in [7, 11) is 1.98. The van der Waals surface area contributed by atoms with Crippen LogP contribution in [-0.2, 0) is 0 Å². The van der Waals surface area contributed by atoms with E-state index < -0.39 is 6.29 Å². The molecule has 2 heterocycles. The van der Waals surface area contributed by atoms with Gasteiger partial charge in [-0.1, -0.05) is 38.8 Å². The second-order valence-electron chi connectivity index (χ2n) is 5.18. The Morgan fingerprint density at radius 1 is 1.26 bits per heavy atom. The quantitative estimate of drug-likeness (QED) is 0.800. The molecular formula is C15H12BrClN6. The maximum Gasteiger partial charge on any atom is 0.258 e. The van der Waals surface area contributed by atoms with E-state index in [1.165, 1.54) is 0 Å². The Kier molecular flexibility index (Phi) is 3.46. The van der Waals surface area contributed by atoms with Crippen LogP contribution in [0.1, 0.15) is 5.56 Å². The lowest BCUT2D eigenvalue weighted by Gasteiger charge is -2.32. The van der Waals surface area contributed by atoms with E-state index in [0.717, 1.165) is 27.2 Å². The van der Waals surface area contributed by atoms with Crippen LogP contribution in [0.15, 0.2) is 62.3 Å². The van der Waals surface area contributed by atoms with Gasteiger partial charge in [0.1, 0.15) is 5.84 Å². The number of rotatable bonds is 1. The summed E-state index contributed by atoms with van der Waals surface area (Å²) in [6, 6.07) is 13.8. The second kappa shape index (κ2) is 5.50. The van der Waals surface area contributed by atoms with Gasteiger partial charge < -0.3 is 4.90 Å². The Hall–Kier alpha value is -2.12. The minimum Gasteiger partial charge on any atom is -0.329 e. The number of benzene rings is 2. The number of amidine groups is 1. The normalized spacial score (nSPS) is 18.1. The number of nitrogens with one attached hydrogen (secondary N) is 1. The lowest BCUT2D eigenvalue weighted by atomic mass is 10.1. The van der Waals surface area contributed by atoms with E-state index in [2.05, 4.69) is 31.8 Å². The Bertz CT molecular complexity index is 836. The van der Waals surface area contributed by atoms with Crippen LogP contribution in [0, 0.1) is 0 Å². The van der Waals surface area contributed by atoms with Crippen LogP contribution < -0.4 is 15.4 Å². The van der Waals surface area contributed by atoms with Gasteiger partial charge in [0.2, 0.25) is 0 Å². The van der Waals surface area contributed by atoms with Crippen molar-refractivity contribution in [3.8, 4) is 0 Å². The van der Waals surface area contributed by atoms with Gasteiger partial charge in [0.25, 0.3) is 6.29 Å². The third-order valence-corrected chi connectivity index (χ3v) is 4.48. The van der Waals surface area contributed by atoms with Crippen molar-refractivity contribution in [2.75, 3.05) is 17.0 Å². The summed E-state index contributed by atoms with van der Waals surface area (Å²) >= 11 is 9.66. The molecule has 0 aromatic heterocycles. The summed E-state index contributed by atoms with van der Waals surface area (Å²) in [5.41, 5.74) is 5.74. The van der Waals surface area contributed by atoms with Gasteiger partial charge in [0.15, 0.2) is 0 Å². The summed E-state index contributed by atoms with van der Waals surface area (Å²) in [5, 5.41) is 10.4. The van der Waals surface area contributed by atoms with Crippen molar-refractivity contribution < 1.29 is 0 Å². The third-order valence-electron chi connectivity index (χ3n) is 3.76. The van der Waals surface area contributed by atoms with E-state index in [0.29, 0.717) is 5.02 Å². The largest absolute Gasteiger partial charge is 0.329 e. The first-order chi connectivity index (χ1) is 11.1. The average molecular weight is 392 g/mol. The maximum atomic E-state index is 6.16. The fraction of sp³-hybridized carbons (Fsp3) is 0.133. The van der Waals surface area contributed by atoms with Gasteiger partial charge in [0.05, 0.1) is 5.69 Å². The number of halogens is 2. The van der Waals surface area contributed by atoms with E-state index in [9.17, 15) is 0 Å². The lowest BCUT2D eigenvalue weighted by Crippen LogP contribution is -2.44. The van der Waals surface area contributed by atoms with Crippen molar-refractivity contribution >= 4 is 44.7 Å². The molecule has 2 aliphatic heterocycles. The highest BCUT2D eigenvalue weighted by Crippen LogP contribution is 2.34. The predicted molar refractivity (Wildman–Crippen MR) is 94.8 cm³/mol. The first-order valence-electron chi connectivity index (χ1n) is 6.95. The number of hydrogen-bond acceptors (Lipinski definition) is 6. The molecule has 0 bridgehead atoms. The molecule has 2 aromatic carbocycles. The minimum absolute atomic E-state index is 0.425. The zero-order chi connectivity index (χ0) is 16.0. The molecule has 116 valence electrons. The number of hydrazine groups is 1. The average Bonchev–Trinajstić information content (AvgIpc) is 3.02. The van der Waals surface area contributed by atoms with Gasteiger partial charge in [-0.25, -0.2) is 10.0 Å². The van der Waals surface area contributed by atoms with Crippen LogP contribution in [-0.4, -0.2) is 19.2 Å². The smallest absolute Gasteiger partial charge is 0.258 e. The van der Waals surface area contributed by atoms with Crippen LogP contribution in [0.2, 0.25) is 5.02 Å². The summed E-state index contributed by atoms with van der Waals surface area (Å²) in [6.07, 6.45) is -0.425. The highest BCUT2D eigenvalue weighted by atomic mass is 79.9. The number of anilines is 2. The molecule has 0 saturated heterocycles. The third kappa shape index (κ3) is 2.46. The Morgan fingerprint density at radius 3 is 2.96 bits per heavy atom. The fourth-order valence-electron chi connectivity index (χ4n) is 2.64. The van der Waals surface area contributed by atoms with Gasteiger partial charge in [-0.3, -0.25) is 0 Å². The van der Waals surface area contributed by atoms with Crippen LogP contribution >= 0.6 is 27.5 Å². The van der Waals surface area contributed by atoms with Gasteiger partial charge in [0, 0.05) is 27.8 Å². The van der Waals surface area contributed by atoms with Crippen LogP contribution in [0.25, 0.3) is 0 Å². The lowest BCUT2D eigenvalue weighted by molar-refractivity contribution is 0.638. The number of nitrogens with zero attached hydrogens (tertiary/aromatic N) is 5. The zero-order valence-corrected chi connectivity index (χ0v) is 14.5. The molecule has 23 heavy (non-hydrogen) atoms. The standard InChI is InChI=1S/C15H12BrClN6/c1-22(11-4-2-3-9(16)7-11)14-12-6-5-10(17)8-13(12)23-15(18-14)19-20-21-23/h2-8,15H,1H3,(H,19,21). The van der Waals surface area contributed by atoms with E-state index >= 15 is 0 Å². The molecule has 0 aliphatic carbocycles. The van der Waals surface area contributed by atoms with E-state index in [1.807, 2.05) is 54.4 Å². The van der Waals surface area contributed by atoms with E-state index in [-0.39, 0.29) is 0 Å². The molecule has 1 N–H and O–H groups in total. The molecule has 1 unspecified atom stereocenters. The molecule has 4 rings (SSSR count). The van der Waals surface area contributed by atoms with E-state index in [1.54, 1.807) is 5.01 Å². The topological polar surface area (TPSA) is 55.6 Å². The van der Waals surface area contributed by atoms with Crippen molar-refractivity contribution in [3.63, 3.8) is 0 Å². The Labute approximate surface area is 146 Å². The molecular weight excluding hydrogens is 380 g/mol. The van der Waals surface area contributed by atoms with Crippen LogP contribution in [0.3, 0.4) is 0 Å². The van der Waals surface area contributed by atoms with Gasteiger partial charge >= 0.3 is 0 Å². The van der Waals surface area contributed by atoms with Gasteiger partial charge in [-0.15, -0.1) is 5.11 Å². The van der Waals surface area contributed by atoms with Crippen LogP contribution in [0.5, 0.6) is 0 Å². The molecule has 0 saturated carbocycles. The van der Waals surface area contributed by atoms with E-state index in [4.69, 9.17) is 16.6 Å². The molecule has 0 spiro atoms. The fourth-order valence-corrected chi connectivity index (χ4v) is 3.19. The molecule has 6 nitrogen and oxygen atoms in total. The van der Waals surface area contributed by atoms with Crippen molar-refractivity contribution in [1.29, 1.82) is 0 Å². The van der Waals surface area contributed by atoms with Crippen molar-refractivity contribution in [1.82, 2.24) is 5.53 Å². The highest BCUT2D eigenvalue weighted by Gasteiger charge is 2.33. The predicted octanol–water partition coefficient (Wildman–Crippen LogP) is 3.97. The summed E-state index contributed by atoms with van der Waals surface area (Å²) < 4.78 is 1.01. The van der Waals surface area contributed by atoms with Gasteiger partial charge in [-0.05, 0) is 36.4 Å². The summed E-state index contributed by atoms with van der Waals surface area (Å²) in [6.45, 7) is 0. The molecule has 2 aromatic rings. The molecule has 0 amide bonds. The summed E-state index contributed by atoms with van der Waals surface area (Å²) in [5.74, 6) is 0.818. The first-order valence-corrected chi connectivity index (χ1v) is 8.12. The van der Waals surface area contributed by atoms with Crippen LogP contribution in [0.4, 0.5) is 11.4 Å². The second-order valence-corrected chi connectivity index (χ2v) is 6.54. The molecule has 1 atom stereocenters. The summed E-state index contributed by atoms with van der Waals surface area (Å²) in [4.78, 5) is 6.74. The Balaban J connectivity index is 1.83. The Morgan fingerprint density at radius 2 is 2.13 bits per heavy atom. The van der Waals surface area contributed by atoms with Crippen molar-refractivity contribution in [3.05, 3.63) is 57.5 Å². The molecule has 2 aliphatic rings. The van der Waals surface area contributed by atoms with Gasteiger partial charge in [-0.2, -0.15) is 5.53 Å². The number of hydrogen-bond donors (Lipinski definition) is 1. The molecule has 8 heteroatoms. The number of aliphatic imine (C=N–C) groups is 1.